The highest BCUT2D eigenvalue weighted by Crippen LogP contribution is 2.09. The van der Waals surface area contributed by atoms with E-state index in [0.717, 1.165) is 5.56 Å². The van der Waals surface area contributed by atoms with E-state index in [1.807, 2.05) is 36.4 Å². The normalized spacial score (nSPS) is 12.6. The number of allylic oxidation sites excluding steroid dienone is 1. The van der Waals surface area contributed by atoms with Gasteiger partial charge in [-0.3, -0.25) is 9.59 Å². The van der Waals surface area contributed by atoms with Crippen LogP contribution in [-0.4, -0.2) is 16.9 Å². The van der Waals surface area contributed by atoms with Gasteiger partial charge in [0.25, 0.3) is 0 Å². The van der Waals surface area contributed by atoms with Gasteiger partial charge in [0.05, 0.1) is 0 Å². The molecule has 1 unspecified atom stereocenters. The summed E-state index contributed by atoms with van der Waals surface area (Å²) >= 11 is 0. The molecule has 0 spiro atoms. The van der Waals surface area contributed by atoms with Gasteiger partial charge in [0, 0.05) is 0 Å². The second-order valence-electron chi connectivity index (χ2n) is 3.55. The van der Waals surface area contributed by atoms with Crippen LogP contribution < -0.4 is 0 Å². The van der Waals surface area contributed by atoms with Gasteiger partial charge in [-0.25, -0.2) is 0 Å². The maximum absolute atomic E-state index is 11.0. The quantitative estimate of drug-likeness (QED) is 0.772. The van der Waals surface area contributed by atoms with Crippen molar-refractivity contribution < 1.29 is 14.7 Å². The molecule has 1 aromatic rings. The first-order chi connectivity index (χ1) is 7.61. The Morgan fingerprint density at radius 2 is 1.94 bits per heavy atom. The van der Waals surface area contributed by atoms with Crippen molar-refractivity contribution in [2.45, 2.75) is 13.3 Å². The van der Waals surface area contributed by atoms with Crippen LogP contribution in [0.1, 0.15) is 18.9 Å². The van der Waals surface area contributed by atoms with Crippen LogP contribution in [0.3, 0.4) is 0 Å². The molecule has 16 heavy (non-hydrogen) atoms. The molecule has 1 atom stereocenters. The van der Waals surface area contributed by atoms with Gasteiger partial charge in [0.15, 0.2) is 0 Å². The zero-order chi connectivity index (χ0) is 12.0. The molecule has 0 aliphatic heterocycles. The van der Waals surface area contributed by atoms with Crippen molar-refractivity contribution in [3.05, 3.63) is 42.0 Å². The van der Waals surface area contributed by atoms with Gasteiger partial charge in [-0.1, -0.05) is 42.5 Å². The largest absolute Gasteiger partial charge is 0.481 e. The topological polar surface area (TPSA) is 54.4 Å². The Labute approximate surface area is 94.4 Å². The molecule has 1 rings (SSSR count). The summed E-state index contributed by atoms with van der Waals surface area (Å²) in [6, 6.07) is 9.55. The second-order valence-corrected chi connectivity index (χ2v) is 3.55. The zero-order valence-electron chi connectivity index (χ0n) is 9.09. The van der Waals surface area contributed by atoms with E-state index in [4.69, 9.17) is 5.11 Å². The van der Waals surface area contributed by atoms with Crippen LogP contribution in [0.5, 0.6) is 0 Å². The number of aliphatic carboxylic acids is 1. The maximum Gasteiger partial charge on any atom is 0.314 e. The van der Waals surface area contributed by atoms with Crippen molar-refractivity contribution in [2.75, 3.05) is 0 Å². The molecule has 3 nitrogen and oxygen atoms in total. The fourth-order valence-corrected chi connectivity index (χ4v) is 1.35. The molecule has 0 saturated heterocycles. The number of ketones is 1. The smallest absolute Gasteiger partial charge is 0.314 e. The summed E-state index contributed by atoms with van der Waals surface area (Å²) in [7, 11) is 0. The first-order valence-corrected chi connectivity index (χ1v) is 5.06. The van der Waals surface area contributed by atoms with Gasteiger partial charge in [0.1, 0.15) is 11.7 Å². The minimum absolute atomic E-state index is 0.236. The number of rotatable bonds is 5. The summed E-state index contributed by atoms with van der Waals surface area (Å²) in [6.07, 6.45) is 3.77. The summed E-state index contributed by atoms with van der Waals surface area (Å²) in [5.74, 6) is -2.31. The number of hydrogen-bond donors (Lipinski definition) is 1. The van der Waals surface area contributed by atoms with Crippen LogP contribution in [0.15, 0.2) is 36.4 Å². The molecule has 0 amide bonds. The Kier molecular flexibility index (Phi) is 4.45. The number of Topliss-reactive ketones (excluding diaryl/α,β-unsaturated/α-hetero) is 1. The first-order valence-electron chi connectivity index (χ1n) is 5.06. The van der Waals surface area contributed by atoms with Gasteiger partial charge in [0.2, 0.25) is 0 Å². The van der Waals surface area contributed by atoms with Crippen LogP contribution in [0.2, 0.25) is 0 Å². The highest BCUT2D eigenvalue weighted by Gasteiger charge is 2.20. The standard InChI is InChI=1S/C13H14O3/c1-10(14)12(13(15)16)9-5-8-11-6-3-2-4-7-11/h2-8,12H,9H2,1H3,(H,15,16). The van der Waals surface area contributed by atoms with E-state index in [2.05, 4.69) is 0 Å². The van der Waals surface area contributed by atoms with Crippen LogP contribution in [0.25, 0.3) is 6.08 Å². The molecule has 0 aliphatic rings. The molecular weight excluding hydrogens is 204 g/mol. The lowest BCUT2D eigenvalue weighted by Crippen LogP contribution is -2.20. The Hall–Kier alpha value is -1.90. The number of carbonyl (C=O) groups is 2. The molecule has 1 aromatic carbocycles. The number of carboxylic acid groups (broad SMARTS) is 1. The number of carbonyl (C=O) groups excluding carboxylic acids is 1. The van der Waals surface area contributed by atoms with Gasteiger partial charge < -0.3 is 5.11 Å². The predicted molar refractivity (Wildman–Crippen MR) is 61.9 cm³/mol. The lowest BCUT2D eigenvalue weighted by Gasteiger charge is -2.04. The predicted octanol–water partition coefficient (Wildman–Crippen LogP) is 2.38. The van der Waals surface area contributed by atoms with Crippen LogP contribution in [0.4, 0.5) is 0 Å². The van der Waals surface area contributed by atoms with Gasteiger partial charge in [-0.05, 0) is 18.9 Å². The van der Waals surface area contributed by atoms with Crippen LogP contribution >= 0.6 is 0 Å². The molecule has 0 aliphatic carbocycles. The summed E-state index contributed by atoms with van der Waals surface area (Å²) < 4.78 is 0. The van der Waals surface area contributed by atoms with E-state index in [9.17, 15) is 9.59 Å². The molecule has 1 N–H and O–H groups in total. The Morgan fingerprint density at radius 3 is 2.44 bits per heavy atom. The van der Waals surface area contributed by atoms with E-state index in [1.54, 1.807) is 6.08 Å². The zero-order valence-corrected chi connectivity index (χ0v) is 9.09. The lowest BCUT2D eigenvalue weighted by atomic mass is 10.0. The highest BCUT2D eigenvalue weighted by atomic mass is 16.4. The molecule has 84 valence electrons. The van der Waals surface area contributed by atoms with Gasteiger partial charge >= 0.3 is 5.97 Å². The molecule has 0 saturated carbocycles. The summed E-state index contributed by atoms with van der Waals surface area (Å²) in [5, 5.41) is 8.79. The van der Waals surface area contributed by atoms with Crippen molar-refractivity contribution >= 4 is 17.8 Å². The maximum atomic E-state index is 11.0. The summed E-state index contributed by atoms with van der Waals surface area (Å²) in [5.41, 5.74) is 0.996. The highest BCUT2D eigenvalue weighted by molar-refractivity contribution is 5.97. The SMILES string of the molecule is CC(=O)C(CC=Cc1ccccc1)C(=O)O. The van der Waals surface area contributed by atoms with E-state index in [0.29, 0.717) is 0 Å². The number of benzene rings is 1. The Bertz CT molecular complexity index is 379. The van der Waals surface area contributed by atoms with Gasteiger partial charge in [-0.2, -0.15) is 0 Å². The van der Waals surface area contributed by atoms with Crippen molar-refractivity contribution in [1.82, 2.24) is 0 Å². The van der Waals surface area contributed by atoms with E-state index < -0.39 is 11.9 Å². The van der Waals surface area contributed by atoms with Crippen LogP contribution in [0, 0.1) is 5.92 Å². The van der Waals surface area contributed by atoms with Crippen molar-refractivity contribution in [1.29, 1.82) is 0 Å². The monoisotopic (exact) mass is 218 g/mol. The molecule has 3 heteroatoms. The average molecular weight is 218 g/mol. The third-order valence-corrected chi connectivity index (χ3v) is 2.27. The fourth-order valence-electron chi connectivity index (χ4n) is 1.35. The fraction of sp³-hybridized carbons (Fsp3) is 0.231. The molecule has 0 bridgehead atoms. The summed E-state index contributed by atoms with van der Waals surface area (Å²) in [6.45, 7) is 1.30. The Morgan fingerprint density at radius 1 is 1.31 bits per heavy atom. The van der Waals surface area contributed by atoms with Crippen LogP contribution in [-0.2, 0) is 9.59 Å². The van der Waals surface area contributed by atoms with E-state index in [1.165, 1.54) is 6.92 Å². The Balaban J connectivity index is 2.59. The molecule has 0 radical (unpaired) electrons. The number of carboxylic acids is 1. The van der Waals surface area contributed by atoms with Gasteiger partial charge in [-0.15, -0.1) is 0 Å². The summed E-state index contributed by atoms with van der Waals surface area (Å²) in [4.78, 5) is 21.7. The molecule has 0 aromatic heterocycles. The van der Waals surface area contributed by atoms with Crippen molar-refractivity contribution in [2.24, 2.45) is 5.92 Å². The average Bonchev–Trinajstić information content (AvgIpc) is 2.24. The van der Waals surface area contributed by atoms with E-state index >= 15 is 0 Å². The second kappa shape index (κ2) is 5.85. The van der Waals surface area contributed by atoms with Crippen molar-refractivity contribution in [3.8, 4) is 0 Å². The molecule has 0 fully saturated rings. The lowest BCUT2D eigenvalue weighted by molar-refractivity contribution is -0.145. The van der Waals surface area contributed by atoms with E-state index in [-0.39, 0.29) is 12.2 Å². The molecule has 0 heterocycles. The number of hydrogen-bond acceptors (Lipinski definition) is 2. The minimum Gasteiger partial charge on any atom is -0.481 e. The molecular formula is C13H14O3. The van der Waals surface area contributed by atoms with Crippen molar-refractivity contribution in [3.63, 3.8) is 0 Å². The first kappa shape index (κ1) is 12.2. The third kappa shape index (κ3) is 3.69. The third-order valence-electron chi connectivity index (χ3n) is 2.27. The minimum atomic E-state index is -1.06.